The first kappa shape index (κ1) is 20.5. The summed E-state index contributed by atoms with van der Waals surface area (Å²) in [7, 11) is 4.23. The molecule has 7 heteroatoms. The highest BCUT2D eigenvalue weighted by Crippen LogP contribution is 2.34. The number of carbonyl (C=O) groups excluding carboxylic acids is 2. The van der Waals surface area contributed by atoms with E-state index in [4.69, 9.17) is 14.2 Å². The summed E-state index contributed by atoms with van der Waals surface area (Å²) in [5.41, 5.74) is 0.493. The van der Waals surface area contributed by atoms with Gasteiger partial charge in [0.15, 0.2) is 11.5 Å². The summed E-state index contributed by atoms with van der Waals surface area (Å²) in [4.78, 5) is 25.6. The van der Waals surface area contributed by atoms with Crippen molar-refractivity contribution in [3.8, 4) is 11.5 Å². The van der Waals surface area contributed by atoms with Crippen LogP contribution in [0.1, 0.15) is 10.4 Å². The molecule has 0 fully saturated rings. The number of ether oxygens (including phenoxy) is 3. The fourth-order valence-corrected chi connectivity index (χ4v) is 3.60. The molecule has 0 spiro atoms. The Morgan fingerprint density at radius 1 is 0.897 bits per heavy atom. The lowest BCUT2D eigenvalue weighted by molar-refractivity contribution is -0.113. The second-order valence-corrected chi connectivity index (χ2v) is 7.14. The molecule has 1 N–H and O–H groups in total. The van der Waals surface area contributed by atoms with Crippen molar-refractivity contribution in [3.63, 3.8) is 0 Å². The van der Waals surface area contributed by atoms with Crippen LogP contribution in [-0.2, 0) is 9.53 Å². The van der Waals surface area contributed by atoms with Crippen molar-refractivity contribution in [3.05, 3.63) is 60.2 Å². The summed E-state index contributed by atoms with van der Waals surface area (Å²) in [6.45, 7) is 0. The molecule has 0 saturated carbocycles. The van der Waals surface area contributed by atoms with E-state index in [1.807, 2.05) is 42.5 Å². The molecule has 0 aliphatic rings. The molecule has 29 heavy (non-hydrogen) atoms. The van der Waals surface area contributed by atoms with E-state index < -0.39 is 5.97 Å². The summed E-state index contributed by atoms with van der Waals surface area (Å²) in [6.07, 6.45) is 0. The maximum Gasteiger partial charge on any atom is 0.340 e. The van der Waals surface area contributed by atoms with Gasteiger partial charge in [0.25, 0.3) is 0 Å². The van der Waals surface area contributed by atoms with Gasteiger partial charge in [0.05, 0.1) is 38.3 Å². The topological polar surface area (TPSA) is 73.9 Å². The zero-order valence-corrected chi connectivity index (χ0v) is 17.2. The minimum atomic E-state index is -0.580. The average Bonchev–Trinajstić information content (AvgIpc) is 2.76. The van der Waals surface area contributed by atoms with E-state index in [0.717, 1.165) is 15.7 Å². The maximum absolute atomic E-state index is 12.5. The number of carbonyl (C=O) groups is 2. The molecule has 1 amide bonds. The molecular formula is C22H21NO5S. The third-order valence-corrected chi connectivity index (χ3v) is 5.29. The monoisotopic (exact) mass is 411 g/mol. The zero-order chi connectivity index (χ0) is 20.8. The Kier molecular flexibility index (Phi) is 6.61. The van der Waals surface area contributed by atoms with Gasteiger partial charge in [-0.05, 0) is 22.9 Å². The Hall–Kier alpha value is -3.19. The van der Waals surface area contributed by atoms with Gasteiger partial charge in [-0.2, -0.15) is 0 Å². The molecule has 0 radical (unpaired) electrons. The van der Waals surface area contributed by atoms with Crippen molar-refractivity contribution in [1.29, 1.82) is 0 Å². The highest BCUT2D eigenvalue weighted by atomic mass is 32.2. The van der Waals surface area contributed by atoms with E-state index in [-0.39, 0.29) is 17.2 Å². The summed E-state index contributed by atoms with van der Waals surface area (Å²) in [5, 5.41) is 5.03. The van der Waals surface area contributed by atoms with Gasteiger partial charge in [-0.3, -0.25) is 4.79 Å². The van der Waals surface area contributed by atoms with E-state index in [1.54, 1.807) is 6.07 Å². The molecule has 0 aliphatic heterocycles. The van der Waals surface area contributed by atoms with Crippen molar-refractivity contribution in [2.75, 3.05) is 32.4 Å². The fraction of sp³-hybridized carbons (Fsp3) is 0.182. The van der Waals surface area contributed by atoms with Crippen molar-refractivity contribution < 1.29 is 23.8 Å². The van der Waals surface area contributed by atoms with Crippen molar-refractivity contribution >= 4 is 40.1 Å². The van der Waals surface area contributed by atoms with Crippen molar-refractivity contribution in [2.45, 2.75) is 4.90 Å². The summed E-state index contributed by atoms with van der Waals surface area (Å²) in [6, 6.07) is 17.1. The van der Waals surface area contributed by atoms with Crippen LogP contribution >= 0.6 is 11.8 Å². The first-order valence-electron chi connectivity index (χ1n) is 8.81. The highest BCUT2D eigenvalue weighted by molar-refractivity contribution is 8.00. The number of anilines is 1. The number of fused-ring (bicyclic) bond motifs is 1. The van der Waals surface area contributed by atoms with Crippen LogP contribution in [0.4, 0.5) is 5.69 Å². The van der Waals surface area contributed by atoms with Gasteiger partial charge in [-0.15, -0.1) is 11.8 Å². The van der Waals surface area contributed by atoms with Crippen molar-refractivity contribution in [2.24, 2.45) is 0 Å². The summed E-state index contributed by atoms with van der Waals surface area (Å²) >= 11 is 1.42. The molecule has 0 atom stereocenters. The number of amides is 1. The van der Waals surface area contributed by atoms with E-state index >= 15 is 0 Å². The third-order valence-electron chi connectivity index (χ3n) is 4.29. The Morgan fingerprint density at radius 2 is 1.59 bits per heavy atom. The average molecular weight is 411 g/mol. The number of hydrogen-bond acceptors (Lipinski definition) is 6. The second kappa shape index (κ2) is 9.34. The second-order valence-electron chi connectivity index (χ2n) is 6.09. The van der Waals surface area contributed by atoms with Crippen LogP contribution in [0.15, 0.2) is 59.5 Å². The third kappa shape index (κ3) is 4.81. The van der Waals surface area contributed by atoms with Gasteiger partial charge in [-0.1, -0.05) is 30.3 Å². The van der Waals surface area contributed by atoms with Gasteiger partial charge in [-0.25, -0.2) is 4.79 Å². The van der Waals surface area contributed by atoms with Gasteiger partial charge in [0.1, 0.15) is 0 Å². The summed E-state index contributed by atoms with van der Waals surface area (Å²) < 4.78 is 15.3. The number of benzene rings is 3. The van der Waals surface area contributed by atoms with Crippen LogP contribution in [0.3, 0.4) is 0 Å². The molecule has 3 rings (SSSR count). The Balaban J connectivity index is 1.75. The molecule has 0 saturated heterocycles. The number of esters is 1. The quantitative estimate of drug-likeness (QED) is 0.460. The minimum absolute atomic E-state index is 0.188. The molecular weight excluding hydrogens is 390 g/mol. The molecule has 6 nitrogen and oxygen atoms in total. The number of thioether (sulfide) groups is 1. The molecule has 0 aliphatic carbocycles. The first-order valence-corrected chi connectivity index (χ1v) is 9.80. The van der Waals surface area contributed by atoms with E-state index in [2.05, 4.69) is 5.32 Å². The lowest BCUT2D eigenvalue weighted by atomic mass is 10.1. The molecule has 0 bridgehead atoms. The van der Waals surface area contributed by atoms with Crippen LogP contribution < -0.4 is 14.8 Å². The Bertz CT molecular complexity index is 1050. The predicted octanol–water partition coefficient (Wildman–Crippen LogP) is 4.37. The smallest absolute Gasteiger partial charge is 0.340 e. The zero-order valence-electron chi connectivity index (χ0n) is 16.4. The lowest BCUT2D eigenvalue weighted by Gasteiger charge is -2.14. The minimum Gasteiger partial charge on any atom is -0.493 e. The van der Waals surface area contributed by atoms with Crippen LogP contribution in [0.2, 0.25) is 0 Å². The summed E-state index contributed by atoms with van der Waals surface area (Å²) in [5.74, 6) is 0.130. The maximum atomic E-state index is 12.5. The van der Waals surface area contributed by atoms with Crippen LogP contribution in [0.25, 0.3) is 10.8 Å². The number of methoxy groups -OCH3 is 3. The van der Waals surface area contributed by atoms with Crippen LogP contribution in [0.5, 0.6) is 11.5 Å². The fourth-order valence-electron chi connectivity index (χ4n) is 2.85. The molecule has 0 heterocycles. The Morgan fingerprint density at radius 3 is 2.28 bits per heavy atom. The van der Waals surface area contributed by atoms with Crippen LogP contribution in [-0.4, -0.2) is 39.0 Å². The predicted molar refractivity (Wildman–Crippen MR) is 114 cm³/mol. The number of nitrogens with one attached hydrogen (secondary N) is 1. The lowest BCUT2D eigenvalue weighted by Crippen LogP contribution is -2.17. The molecule has 0 unspecified atom stereocenters. The number of hydrogen-bond donors (Lipinski definition) is 1. The standard InChI is InChI=1S/C22H21NO5S/c1-26-19-11-17(22(25)28-3)18(12-20(19)27-2)23-21(24)13-29-16-9-8-14-6-4-5-7-15(14)10-16/h4-12H,13H2,1-3H3,(H,23,24). The van der Waals surface area contributed by atoms with Crippen LogP contribution in [0, 0.1) is 0 Å². The van der Waals surface area contributed by atoms with Gasteiger partial charge < -0.3 is 19.5 Å². The van der Waals surface area contributed by atoms with E-state index in [1.165, 1.54) is 39.2 Å². The molecule has 150 valence electrons. The van der Waals surface area contributed by atoms with Gasteiger partial charge in [0, 0.05) is 17.0 Å². The largest absolute Gasteiger partial charge is 0.493 e. The number of rotatable bonds is 7. The molecule has 3 aromatic carbocycles. The normalized spacial score (nSPS) is 10.4. The SMILES string of the molecule is COC(=O)c1cc(OC)c(OC)cc1NC(=O)CSc1ccc2ccccc2c1. The highest BCUT2D eigenvalue weighted by Gasteiger charge is 2.19. The Labute approximate surface area is 173 Å². The van der Waals surface area contributed by atoms with Gasteiger partial charge >= 0.3 is 5.97 Å². The van der Waals surface area contributed by atoms with E-state index in [0.29, 0.717) is 17.2 Å². The first-order chi connectivity index (χ1) is 14.0. The van der Waals surface area contributed by atoms with Crippen molar-refractivity contribution in [1.82, 2.24) is 0 Å². The van der Waals surface area contributed by atoms with E-state index in [9.17, 15) is 9.59 Å². The molecule has 3 aromatic rings. The van der Waals surface area contributed by atoms with Gasteiger partial charge in [0.2, 0.25) is 5.91 Å². The molecule has 0 aromatic heterocycles.